The molecule has 4 aliphatic rings. The van der Waals surface area contributed by atoms with E-state index in [0.717, 1.165) is 23.1 Å². The highest BCUT2D eigenvalue weighted by molar-refractivity contribution is 8.00. The average molecular weight is 812 g/mol. The van der Waals surface area contributed by atoms with Crippen molar-refractivity contribution in [1.29, 1.82) is 0 Å². The molecule has 0 radical (unpaired) electrons. The van der Waals surface area contributed by atoms with Gasteiger partial charge >= 0.3 is 24.7 Å². The minimum atomic E-state index is -4.76. The van der Waals surface area contributed by atoms with Gasteiger partial charge in [0.05, 0.1) is 28.1 Å². The standard InChI is InChI=1S/C37H42F5N5O8S/c1-34(2,3)53-32(49)43-25-18-56(7,51)27-13-24(38)23(12-26(27)47(29(25)48)17-20-8-10-22(11-9-20)52-37(41,42)30(39)40)28-44-31(55-45-28)36-14-21(15-36)16-46(19-36)33(50)54-35(4,5)6/h8-13,21,25,30H,7,14-19H2,1-6H3,(H,43,49)/t21?,25-,36?,56?/m0/s1. The first kappa shape index (κ1) is 40.7. The highest BCUT2D eigenvalue weighted by Gasteiger charge is 2.56. The number of anilines is 1. The molecule has 3 amide bonds. The molecule has 1 aromatic heterocycles. The number of aromatic nitrogens is 2. The van der Waals surface area contributed by atoms with E-state index in [0.29, 0.717) is 19.4 Å². The van der Waals surface area contributed by atoms with Crippen LogP contribution < -0.4 is 15.0 Å². The van der Waals surface area contributed by atoms with Gasteiger partial charge in [0.1, 0.15) is 28.8 Å². The lowest BCUT2D eigenvalue weighted by atomic mass is 9.58. The van der Waals surface area contributed by atoms with E-state index in [2.05, 4.69) is 26.1 Å². The third-order valence-corrected chi connectivity index (χ3v) is 11.3. The fraction of sp³-hybridized carbons (Fsp3) is 0.514. The lowest BCUT2D eigenvalue weighted by Crippen LogP contribution is -2.61. The number of nitrogens with one attached hydrogen (secondary N) is 1. The van der Waals surface area contributed by atoms with Crippen LogP contribution in [0, 0.1) is 11.7 Å². The predicted molar refractivity (Wildman–Crippen MR) is 193 cm³/mol. The molecule has 13 nitrogen and oxygen atoms in total. The number of carbonyl (C=O) groups is 3. The van der Waals surface area contributed by atoms with Crippen LogP contribution in [0.2, 0.25) is 0 Å². The molecule has 3 aromatic rings. The lowest BCUT2D eigenvalue weighted by molar-refractivity contribution is -0.253. The van der Waals surface area contributed by atoms with Crippen molar-refractivity contribution in [2.24, 2.45) is 5.92 Å². The molecule has 3 aliphatic heterocycles. The van der Waals surface area contributed by atoms with Gasteiger partial charge in [-0.3, -0.25) is 9.00 Å². The molecule has 1 N–H and O–H groups in total. The Bertz CT molecular complexity index is 2130. The molecule has 1 saturated carbocycles. The number of benzene rings is 2. The predicted octanol–water partition coefficient (Wildman–Crippen LogP) is 6.53. The van der Waals surface area contributed by atoms with Gasteiger partial charge in [-0.1, -0.05) is 17.3 Å². The van der Waals surface area contributed by atoms with Crippen LogP contribution in [0.1, 0.15) is 65.8 Å². The Morgan fingerprint density at radius 2 is 1.71 bits per heavy atom. The van der Waals surface area contributed by atoms with Crippen LogP contribution >= 0.6 is 0 Å². The summed E-state index contributed by atoms with van der Waals surface area (Å²) in [6.07, 6.45) is -9.07. The van der Waals surface area contributed by atoms with Crippen LogP contribution in [0.15, 0.2) is 45.8 Å². The molecule has 19 heteroatoms. The highest BCUT2D eigenvalue weighted by atomic mass is 32.2. The van der Waals surface area contributed by atoms with Crippen molar-refractivity contribution in [3.63, 3.8) is 0 Å². The summed E-state index contributed by atoms with van der Waals surface area (Å²) in [7, 11) is -3.54. The second-order valence-electron chi connectivity index (χ2n) is 16.3. The Hall–Kier alpha value is -4.94. The smallest absolute Gasteiger partial charge is 0.444 e. The number of rotatable bonds is 8. The summed E-state index contributed by atoms with van der Waals surface area (Å²) < 4.78 is 104. The molecule has 2 saturated heterocycles. The SMILES string of the molecule is C=S1(=O)C[C@H](NC(=O)OC(C)(C)C)C(=O)N(Cc2ccc(OC(F)(F)C(F)F)cc2)c2cc(-c3noc(C45CC(CN(C(=O)OC(C)(C)C)C4)C5)n3)c(F)cc21. The number of alkyl halides is 4. The quantitative estimate of drug-likeness (QED) is 0.196. The normalized spacial score (nSPS) is 23.9. The molecular weight excluding hydrogens is 769 g/mol. The van der Waals surface area contributed by atoms with Crippen LogP contribution in [0.3, 0.4) is 0 Å². The van der Waals surface area contributed by atoms with Gasteiger partial charge in [-0.15, -0.1) is 0 Å². The summed E-state index contributed by atoms with van der Waals surface area (Å²) in [5, 5.41) is 6.48. The summed E-state index contributed by atoms with van der Waals surface area (Å²) in [4.78, 5) is 47.1. The lowest BCUT2D eigenvalue weighted by Gasteiger charge is -2.53. The molecule has 2 atom stereocenters. The molecule has 7 rings (SSSR count). The Morgan fingerprint density at radius 1 is 1.07 bits per heavy atom. The van der Waals surface area contributed by atoms with E-state index < -0.39 is 80.1 Å². The van der Waals surface area contributed by atoms with Gasteiger partial charge in [0.2, 0.25) is 11.7 Å². The van der Waals surface area contributed by atoms with Gasteiger partial charge in [0.25, 0.3) is 5.91 Å². The van der Waals surface area contributed by atoms with Crippen molar-refractivity contribution in [3.05, 3.63) is 53.7 Å². The first-order chi connectivity index (χ1) is 25.8. The molecule has 1 unspecified atom stereocenters. The minimum absolute atomic E-state index is 0.0913. The van der Waals surface area contributed by atoms with Gasteiger partial charge in [-0.05, 0) is 96.0 Å². The van der Waals surface area contributed by atoms with Crippen LogP contribution in [-0.2, 0) is 35.7 Å². The number of ether oxygens (including phenoxy) is 3. The zero-order chi connectivity index (χ0) is 41.2. The van der Waals surface area contributed by atoms with Crippen LogP contribution in [0.4, 0.5) is 37.2 Å². The summed E-state index contributed by atoms with van der Waals surface area (Å²) in [6, 6.07) is 5.10. The second kappa shape index (κ2) is 14.2. The number of hydrogen-bond acceptors (Lipinski definition) is 10. The third-order valence-electron chi connectivity index (χ3n) is 9.31. The number of amides is 3. The molecule has 3 fully saturated rings. The monoisotopic (exact) mass is 811 g/mol. The fourth-order valence-electron chi connectivity index (χ4n) is 7.03. The van der Waals surface area contributed by atoms with Crippen LogP contribution in [0.25, 0.3) is 11.4 Å². The minimum Gasteiger partial charge on any atom is -0.444 e. The van der Waals surface area contributed by atoms with Crippen molar-refractivity contribution in [2.75, 3.05) is 23.7 Å². The summed E-state index contributed by atoms with van der Waals surface area (Å²) in [6.45, 7) is 10.4. The van der Waals surface area contributed by atoms with Crippen molar-refractivity contribution >= 4 is 39.2 Å². The summed E-state index contributed by atoms with van der Waals surface area (Å²) in [5.41, 5.74) is -2.46. The van der Waals surface area contributed by atoms with Gasteiger partial charge in [0, 0.05) is 28.4 Å². The van der Waals surface area contributed by atoms with Crippen LogP contribution in [0.5, 0.6) is 5.75 Å². The van der Waals surface area contributed by atoms with E-state index in [1.165, 1.54) is 18.2 Å². The number of piperidine rings is 2. The number of halogens is 5. The van der Waals surface area contributed by atoms with Gasteiger partial charge in [-0.25, -0.2) is 14.0 Å². The number of carbonyl (C=O) groups excluding carboxylic acids is 3. The maximum Gasteiger partial charge on any atom is 0.461 e. The average Bonchev–Trinajstić information content (AvgIpc) is 3.54. The Kier molecular flexibility index (Phi) is 10.3. The van der Waals surface area contributed by atoms with Crippen molar-refractivity contribution in [3.8, 4) is 17.1 Å². The van der Waals surface area contributed by atoms with Gasteiger partial charge < -0.3 is 33.9 Å². The largest absolute Gasteiger partial charge is 0.461 e. The van der Waals surface area contributed by atoms with E-state index in [1.807, 2.05) is 0 Å². The summed E-state index contributed by atoms with van der Waals surface area (Å²) in [5.74, 6) is 1.06. The van der Waals surface area contributed by atoms with Crippen molar-refractivity contribution in [2.45, 2.75) is 101 Å². The second-order valence-corrected chi connectivity index (χ2v) is 18.7. The number of hydrogen-bond donors (Lipinski definition) is 1. The number of fused-ring (bicyclic) bond motifs is 3. The first-order valence-electron chi connectivity index (χ1n) is 17.6. The molecule has 56 heavy (non-hydrogen) atoms. The number of nitrogens with zero attached hydrogens (tertiary/aromatic N) is 4. The van der Waals surface area contributed by atoms with Gasteiger partial charge in [-0.2, -0.15) is 22.5 Å². The van der Waals surface area contributed by atoms with E-state index in [9.17, 15) is 36.2 Å². The Morgan fingerprint density at radius 3 is 2.32 bits per heavy atom. The first-order valence-corrected chi connectivity index (χ1v) is 19.5. The summed E-state index contributed by atoms with van der Waals surface area (Å²) >= 11 is 0. The third kappa shape index (κ3) is 8.56. The number of alkyl carbamates (subject to hydrolysis) is 1. The van der Waals surface area contributed by atoms with Crippen molar-refractivity contribution in [1.82, 2.24) is 20.4 Å². The zero-order valence-corrected chi connectivity index (χ0v) is 32.3. The van der Waals surface area contributed by atoms with Crippen molar-refractivity contribution < 1.29 is 59.3 Å². The van der Waals surface area contributed by atoms with E-state index in [4.69, 9.17) is 14.0 Å². The van der Waals surface area contributed by atoms with E-state index in [1.54, 1.807) is 46.4 Å². The molecule has 0 spiro atoms. The fourth-order valence-corrected chi connectivity index (χ4v) is 8.84. The van der Waals surface area contributed by atoms with Gasteiger partial charge in [0.15, 0.2) is 0 Å². The Balaban J connectivity index is 1.36. The zero-order valence-electron chi connectivity index (χ0n) is 31.5. The molecule has 2 bridgehead atoms. The molecular formula is C37H42F5N5O8S. The molecule has 2 aromatic carbocycles. The highest BCUT2D eigenvalue weighted by Crippen LogP contribution is 2.52. The van der Waals surface area contributed by atoms with E-state index in [-0.39, 0.29) is 52.4 Å². The van der Waals surface area contributed by atoms with Crippen LogP contribution in [-0.4, -0.2) is 91.8 Å². The maximum absolute atomic E-state index is 16.1. The molecule has 4 heterocycles. The molecule has 1 aliphatic carbocycles. The topological polar surface area (TPSA) is 153 Å². The Labute approximate surface area is 319 Å². The molecule has 304 valence electrons. The maximum atomic E-state index is 16.1. The van der Waals surface area contributed by atoms with E-state index >= 15 is 4.39 Å².